The monoisotopic (exact) mass is 240 g/mol. The third-order valence-electron chi connectivity index (χ3n) is 2.40. The normalized spacial score (nSPS) is 11.0. The van der Waals surface area contributed by atoms with Crippen molar-refractivity contribution in [1.29, 1.82) is 0 Å². The number of carbonyl (C=O) groups is 1. The van der Waals surface area contributed by atoms with Crippen molar-refractivity contribution in [3.63, 3.8) is 0 Å². The number of nitrogens with one attached hydrogen (secondary N) is 1. The van der Waals surface area contributed by atoms with Gasteiger partial charge in [0.05, 0.1) is 11.4 Å². The third-order valence-corrected chi connectivity index (χ3v) is 3.44. The molecule has 0 aliphatic heterocycles. The molecule has 1 rings (SSSR count). The molecule has 0 saturated heterocycles. The molecule has 0 fully saturated rings. The number of likely N-dealkylation sites (N-methyl/N-ethyl adjacent to an activating group) is 1. The van der Waals surface area contributed by atoms with Crippen LogP contribution in [0.1, 0.15) is 21.0 Å². The lowest BCUT2D eigenvalue weighted by Crippen LogP contribution is -2.28. The minimum atomic E-state index is 0.227. The van der Waals surface area contributed by atoms with Gasteiger partial charge in [-0.05, 0) is 52.7 Å². The lowest BCUT2D eigenvalue weighted by Gasteiger charge is -2.14. The summed E-state index contributed by atoms with van der Waals surface area (Å²) in [5, 5.41) is 3.10. The molecule has 4 heteroatoms. The molecule has 0 saturated carbocycles. The highest BCUT2D eigenvalue weighted by molar-refractivity contribution is 7.14. The second-order valence-electron chi connectivity index (χ2n) is 4.03. The van der Waals surface area contributed by atoms with E-state index in [4.69, 9.17) is 0 Å². The Morgan fingerprint density at radius 2 is 2.25 bits per heavy atom. The summed E-state index contributed by atoms with van der Waals surface area (Å²) in [6.07, 6.45) is 1.07. The average molecular weight is 240 g/mol. The van der Waals surface area contributed by atoms with Crippen LogP contribution < -0.4 is 5.32 Å². The lowest BCUT2D eigenvalue weighted by atomic mass is 10.3. The van der Waals surface area contributed by atoms with Gasteiger partial charge in [0.15, 0.2) is 5.78 Å². The van der Waals surface area contributed by atoms with Gasteiger partial charge in [0.25, 0.3) is 0 Å². The van der Waals surface area contributed by atoms with Gasteiger partial charge in [-0.1, -0.05) is 0 Å². The number of aryl methyl sites for hydroxylation is 1. The van der Waals surface area contributed by atoms with Crippen molar-refractivity contribution < 1.29 is 4.79 Å². The van der Waals surface area contributed by atoms with E-state index in [0.29, 0.717) is 6.54 Å². The zero-order valence-electron chi connectivity index (χ0n) is 10.2. The Labute approximate surface area is 101 Å². The first-order valence-corrected chi connectivity index (χ1v) is 6.38. The van der Waals surface area contributed by atoms with Crippen LogP contribution in [0.5, 0.6) is 0 Å². The number of Topliss-reactive ketones (excluding diaryl/α,β-unsaturated/α-hetero) is 1. The van der Waals surface area contributed by atoms with Crippen molar-refractivity contribution in [2.75, 3.05) is 33.7 Å². The van der Waals surface area contributed by atoms with Crippen LogP contribution in [0, 0.1) is 6.92 Å². The molecule has 0 aliphatic carbocycles. The standard InChI is InChI=1S/C12H20N2OS/c1-10-5-6-12(16-10)11(15)9-14(3)8-4-7-13-2/h5-6,13H,4,7-9H2,1-3H3. The molecule has 16 heavy (non-hydrogen) atoms. The van der Waals surface area contributed by atoms with Crippen LogP contribution in [0.4, 0.5) is 0 Å². The van der Waals surface area contributed by atoms with Crippen molar-refractivity contribution in [3.8, 4) is 0 Å². The molecule has 0 aliphatic rings. The number of ketones is 1. The van der Waals surface area contributed by atoms with Crippen LogP contribution in [0.2, 0.25) is 0 Å². The summed E-state index contributed by atoms with van der Waals surface area (Å²) in [5.41, 5.74) is 0. The van der Waals surface area contributed by atoms with E-state index in [1.165, 1.54) is 4.88 Å². The highest BCUT2D eigenvalue weighted by Crippen LogP contribution is 2.15. The molecule has 1 aromatic heterocycles. The van der Waals surface area contributed by atoms with Gasteiger partial charge in [0.1, 0.15) is 0 Å². The van der Waals surface area contributed by atoms with E-state index >= 15 is 0 Å². The van der Waals surface area contributed by atoms with E-state index in [0.717, 1.165) is 24.4 Å². The Morgan fingerprint density at radius 1 is 1.50 bits per heavy atom. The van der Waals surface area contributed by atoms with Gasteiger partial charge >= 0.3 is 0 Å². The van der Waals surface area contributed by atoms with Crippen LogP contribution in [-0.4, -0.2) is 44.4 Å². The molecule has 0 radical (unpaired) electrons. The summed E-state index contributed by atoms with van der Waals surface area (Å²) in [7, 11) is 3.94. The molecule has 0 bridgehead atoms. The molecular weight excluding hydrogens is 220 g/mol. The van der Waals surface area contributed by atoms with Crippen molar-refractivity contribution in [1.82, 2.24) is 10.2 Å². The molecule has 0 spiro atoms. The summed E-state index contributed by atoms with van der Waals surface area (Å²) in [6, 6.07) is 3.92. The molecule has 90 valence electrons. The van der Waals surface area contributed by atoms with Gasteiger partial charge in [-0.3, -0.25) is 9.69 Å². The fourth-order valence-electron chi connectivity index (χ4n) is 1.51. The predicted molar refractivity (Wildman–Crippen MR) is 69.4 cm³/mol. The maximum atomic E-state index is 11.9. The lowest BCUT2D eigenvalue weighted by molar-refractivity contribution is 0.0950. The minimum Gasteiger partial charge on any atom is -0.320 e. The first kappa shape index (κ1) is 13.4. The molecule has 0 unspecified atom stereocenters. The quantitative estimate of drug-likeness (QED) is 0.582. The van der Waals surface area contributed by atoms with Crippen molar-refractivity contribution in [2.45, 2.75) is 13.3 Å². The van der Waals surface area contributed by atoms with Crippen LogP contribution in [-0.2, 0) is 0 Å². The maximum Gasteiger partial charge on any atom is 0.186 e. The number of carbonyl (C=O) groups excluding carboxylic acids is 1. The summed E-state index contributed by atoms with van der Waals surface area (Å²) >= 11 is 1.58. The second-order valence-corrected chi connectivity index (χ2v) is 5.32. The van der Waals surface area contributed by atoms with Gasteiger partial charge in [-0.15, -0.1) is 11.3 Å². The zero-order valence-corrected chi connectivity index (χ0v) is 11.1. The fraction of sp³-hybridized carbons (Fsp3) is 0.583. The van der Waals surface area contributed by atoms with E-state index in [9.17, 15) is 4.79 Å². The van der Waals surface area contributed by atoms with Gasteiger partial charge in [-0.2, -0.15) is 0 Å². The second kappa shape index (κ2) is 6.78. The smallest absolute Gasteiger partial charge is 0.186 e. The van der Waals surface area contributed by atoms with Crippen LogP contribution in [0.15, 0.2) is 12.1 Å². The van der Waals surface area contributed by atoms with E-state index < -0.39 is 0 Å². The van der Waals surface area contributed by atoms with E-state index in [1.54, 1.807) is 11.3 Å². The molecule has 0 aromatic carbocycles. The first-order chi connectivity index (χ1) is 7.63. The Bertz CT molecular complexity index is 336. The van der Waals surface area contributed by atoms with Crippen molar-refractivity contribution in [3.05, 3.63) is 21.9 Å². The fourth-order valence-corrected chi connectivity index (χ4v) is 2.31. The number of hydrogen-bond donors (Lipinski definition) is 1. The largest absolute Gasteiger partial charge is 0.320 e. The number of rotatable bonds is 7. The van der Waals surface area contributed by atoms with Gasteiger partial charge in [0, 0.05) is 4.88 Å². The van der Waals surface area contributed by atoms with Crippen LogP contribution in [0.25, 0.3) is 0 Å². The molecule has 0 amide bonds. The van der Waals surface area contributed by atoms with E-state index in [-0.39, 0.29) is 5.78 Å². The molecule has 1 aromatic rings. The highest BCUT2D eigenvalue weighted by atomic mass is 32.1. The Kier molecular flexibility index (Phi) is 5.66. The van der Waals surface area contributed by atoms with E-state index in [1.807, 2.05) is 33.2 Å². The number of thiophene rings is 1. The SMILES string of the molecule is CNCCCN(C)CC(=O)c1ccc(C)s1. The van der Waals surface area contributed by atoms with Gasteiger partial charge in [-0.25, -0.2) is 0 Å². The maximum absolute atomic E-state index is 11.9. The van der Waals surface area contributed by atoms with Gasteiger partial charge < -0.3 is 5.32 Å². The Morgan fingerprint density at radius 3 is 2.81 bits per heavy atom. The molecule has 1 heterocycles. The zero-order chi connectivity index (χ0) is 12.0. The molecule has 3 nitrogen and oxygen atoms in total. The Hall–Kier alpha value is -0.710. The van der Waals surface area contributed by atoms with Crippen LogP contribution >= 0.6 is 11.3 Å². The summed E-state index contributed by atoms with van der Waals surface area (Å²) in [6.45, 7) is 4.50. The molecule has 1 N–H and O–H groups in total. The van der Waals surface area contributed by atoms with E-state index in [2.05, 4.69) is 10.2 Å². The van der Waals surface area contributed by atoms with Crippen LogP contribution in [0.3, 0.4) is 0 Å². The number of nitrogens with zero attached hydrogens (tertiary/aromatic N) is 1. The third kappa shape index (κ3) is 4.43. The van der Waals surface area contributed by atoms with Crippen molar-refractivity contribution in [2.24, 2.45) is 0 Å². The highest BCUT2D eigenvalue weighted by Gasteiger charge is 2.10. The van der Waals surface area contributed by atoms with Crippen molar-refractivity contribution >= 4 is 17.1 Å². The Balaban J connectivity index is 2.33. The summed E-state index contributed by atoms with van der Waals surface area (Å²) in [5.74, 6) is 0.227. The average Bonchev–Trinajstić information content (AvgIpc) is 2.65. The number of hydrogen-bond acceptors (Lipinski definition) is 4. The summed E-state index contributed by atoms with van der Waals surface area (Å²) < 4.78 is 0. The molecule has 0 atom stereocenters. The predicted octanol–water partition coefficient (Wildman–Crippen LogP) is 1.78. The molecular formula is C12H20N2OS. The topological polar surface area (TPSA) is 32.3 Å². The summed E-state index contributed by atoms with van der Waals surface area (Å²) in [4.78, 5) is 16.0. The van der Waals surface area contributed by atoms with Gasteiger partial charge in [0.2, 0.25) is 0 Å². The first-order valence-electron chi connectivity index (χ1n) is 5.56. The minimum absolute atomic E-state index is 0.227.